The molecule has 4 N–H and O–H groups in total. The van der Waals surface area contributed by atoms with E-state index in [4.69, 9.17) is 16.2 Å². The molecule has 1 heterocycles. The van der Waals surface area contributed by atoms with Gasteiger partial charge in [-0.05, 0) is 6.42 Å². The predicted octanol–water partition coefficient (Wildman–Crippen LogP) is -0.502. The standard InChI is InChI=1S/C11H18N4O4.ClH/c1-6(16)15-8(5-10(15)18)3-4-9(14-11(12)13)19-7(2)17;/h8-9H,3-5H2,1-2H3,(H4,12,13,14);1H. The quantitative estimate of drug-likeness (QED) is 0.305. The molecule has 0 aliphatic carbocycles. The first-order valence-electron chi connectivity index (χ1n) is 5.90. The number of carbonyl (C=O) groups excluding carboxylic acids is 3. The van der Waals surface area contributed by atoms with E-state index in [1.807, 2.05) is 0 Å². The van der Waals surface area contributed by atoms with Gasteiger partial charge in [-0.1, -0.05) is 0 Å². The van der Waals surface area contributed by atoms with Gasteiger partial charge in [-0.25, -0.2) is 4.99 Å². The van der Waals surface area contributed by atoms with Crippen molar-refractivity contribution >= 4 is 36.2 Å². The highest BCUT2D eigenvalue weighted by molar-refractivity contribution is 5.99. The number of carbonyl (C=O) groups is 3. The second kappa shape index (κ2) is 7.68. The highest BCUT2D eigenvalue weighted by Gasteiger charge is 2.38. The Morgan fingerprint density at radius 2 is 2.05 bits per heavy atom. The molecular weight excluding hydrogens is 288 g/mol. The Morgan fingerprint density at radius 1 is 1.45 bits per heavy atom. The molecule has 2 amide bonds. The van der Waals surface area contributed by atoms with Crippen molar-refractivity contribution in [1.82, 2.24) is 4.90 Å². The number of nitrogens with two attached hydrogens (primary N) is 2. The van der Waals surface area contributed by atoms with Crippen LogP contribution in [0.15, 0.2) is 4.99 Å². The van der Waals surface area contributed by atoms with Gasteiger partial charge in [0.15, 0.2) is 12.2 Å². The molecule has 2 unspecified atom stereocenters. The van der Waals surface area contributed by atoms with Gasteiger partial charge in [0.1, 0.15) is 0 Å². The molecule has 1 rings (SSSR count). The van der Waals surface area contributed by atoms with Crippen molar-refractivity contribution in [1.29, 1.82) is 0 Å². The highest BCUT2D eigenvalue weighted by Crippen LogP contribution is 2.24. The summed E-state index contributed by atoms with van der Waals surface area (Å²) in [5, 5.41) is 0. The lowest BCUT2D eigenvalue weighted by Gasteiger charge is -2.38. The van der Waals surface area contributed by atoms with E-state index in [9.17, 15) is 14.4 Å². The minimum atomic E-state index is -0.785. The number of likely N-dealkylation sites (tertiary alicyclic amines) is 1. The van der Waals surface area contributed by atoms with E-state index in [-0.39, 0.29) is 36.2 Å². The molecule has 0 radical (unpaired) electrons. The molecule has 1 saturated heterocycles. The number of ether oxygens (including phenoxy) is 1. The number of guanidine groups is 1. The molecule has 8 nitrogen and oxygen atoms in total. The minimum Gasteiger partial charge on any atom is -0.440 e. The van der Waals surface area contributed by atoms with E-state index < -0.39 is 12.2 Å². The molecular formula is C11H19ClN4O4. The van der Waals surface area contributed by atoms with Crippen LogP contribution in [0.3, 0.4) is 0 Å². The maximum atomic E-state index is 11.2. The van der Waals surface area contributed by atoms with Crippen LogP contribution in [0.5, 0.6) is 0 Å². The van der Waals surface area contributed by atoms with E-state index in [0.29, 0.717) is 19.3 Å². The Hall–Kier alpha value is -1.83. The Labute approximate surface area is 122 Å². The monoisotopic (exact) mass is 306 g/mol. The number of hydrogen-bond donors (Lipinski definition) is 2. The molecule has 0 aromatic rings. The van der Waals surface area contributed by atoms with Gasteiger partial charge in [0.25, 0.3) is 0 Å². The fraction of sp³-hybridized carbons (Fsp3) is 0.636. The molecule has 1 aliphatic rings. The third-order valence-corrected chi connectivity index (χ3v) is 2.73. The van der Waals surface area contributed by atoms with Crippen molar-refractivity contribution in [3.05, 3.63) is 0 Å². The summed E-state index contributed by atoms with van der Waals surface area (Å²) in [4.78, 5) is 38.3. The second-order valence-corrected chi connectivity index (χ2v) is 4.34. The third-order valence-electron chi connectivity index (χ3n) is 2.73. The molecule has 9 heteroatoms. The topological polar surface area (TPSA) is 128 Å². The molecule has 0 bridgehead atoms. The molecule has 1 fully saturated rings. The van der Waals surface area contributed by atoms with Gasteiger partial charge in [0.2, 0.25) is 11.8 Å². The van der Waals surface area contributed by atoms with Crippen molar-refractivity contribution in [3.8, 4) is 0 Å². The van der Waals surface area contributed by atoms with Crippen LogP contribution in [0.1, 0.15) is 33.1 Å². The fourth-order valence-corrected chi connectivity index (χ4v) is 1.99. The number of aliphatic imine (C=N–C) groups is 1. The zero-order chi connectivity index (χ0) is 14.6. The van der Waals surface area contributed by atoms with Gasteiger partial charge >= 0.3 is 5.97 Å². The predicted molar refractivity (Wildman–Crippen MR) is 73.8 cm³/mol. The first-order chi connectivity index (χ1) is 8.81. The van der Waals surface area contributed by atoms with Gasteiger partial charge in [-0.2, -0.15) is 0 Å². The Morgan fingerprint density at radius 3 is 2.45 bits per heavy atom. The van der Waals surface area contributed by atoms with Crippen LogP contribution in [-0.4, -0.2) is 40.9 Å². The number of β-lactam (4-membered cyclic amide) rings is 1. The first kappa shape index (κ1) is 18.2. The Bertz CT molecular complexity index is 415. The van der Waals surface area contributed by atoms with Gasteiger partial charge in [0, 0.05) is 32.7 Å². The molecule has 0 aromatic carbocycles. The summed E-state index contributed by atoms with van der Waals surface area (Å²) in [6.07, 6.45) is 0.361. The lowest BCUT2D eigenvalue weighted by atomic mass is 9.96. The van der Waals surface area contributed by atoms with Crippen LogP contribution in [-0.2, 0) is 19.1 Å². The van der Waals surface area contributed by atoms with Crippen LogP contribution < -0.4 is 11.5 Å². The molecule has 2 atom stereocenters. The number of nitrogens with zero attached hydrogens (tertiary/aromatic N) is 2. The van der Waals surface area contributed by atoms with Crippen LogP contribution in [0, 0.1) is 0 Å². The highest BCUT2D eigenvalue weighted by atomic mass is 35.5. The SMILES string of the molecule is CC(=O)OC(CCC1CC(=O)N1C(C)=O)N=C(N)N.Cl. The summed E-state index contributed by atoms with van der Waals surface area (Å²) < 4.78 is 4.93. The third kappa shape index (κ3) is 5.04. The zero-order valence-electron chi connectivity index (χ0n) is 11.4. The van der Waals surface area contributed by atoms with Crippen LogP contribution in [0.25, 0.3) is 0 Å². The van der Waals surface area contributed by atoms with Crippen molar-refractivity contribution in [2.24, 2.45) is 16.5 Å². The molecule has 20 heavy (non-hydrogen) atoms. The molecule has 0 saturated carbocycles. The summed E-state index contributed by atoms with van der Waals surface area (Å²) in [5.74, 6) is -1.15. The summed E-state index contributed by atoms with van der Waals surface area (Å²) in [7, 11) is 0. The average molecular weight is 307 g/mol. The van der Waals surface area contributed by atoms with Gasteiger partial charge in [0.05, 0.1) is 0 Å². The van der Waals surface area contributed by atoms with E-state index in [0.717, 1.165) is 0 Å². The number of amides is 2. The molecule has 0 aromatic heterocycles. The first-order valence-corrected chi connectivity index (χ1v) is 5.90. The molecule has 114 valence electrons. The largest absolute Gasteiger partial charge is 0.440 e. The average Bonchev–Trinajstić information content (AvgIpc) is 2.20. The smallest absolute Gasteiger partial charge is 0.304 e. The Kier molecular flexibility index (Phi) is 6.98. The van der Waals surface area contributed by atoms with Gasteiger partial charge in [-0.3, -0.25) is 19.3 Å². The Balaban J connectivity index is 0.00000361. The fourth-order valence-electron chi connectivity index (χ4n) is 1.99. The number of imide groups is 1. The van der Waals surface area contributed by atoms with Crippen LogP contribution in [0.2, 0.25) is 0 Å². The van der Waals surface area contributed by atoms with Crippen LogP contribution >= 0.6 is 12.4 Å². The lowest BCUT2D eigenvalue weighted by Crippen LogP contribution is -2.54. The van der Waals surface area contributed by atoms with E-state index in [2.05, 4.69) is 4.99 Å². The maximum absolute atomic E-state index is 11.2. The minimum absolute atomic E-state index is 0. The van der Waals surface area contributed by atoms with Crippen molar-refractivity contribution in [3.63, 3.8) is 0 Å². The maximum Gasteiger partial charge on any atom is 0.304 e. The number of halogens is 1. The van der Waals surface area contributed by atoms with Gasteiger partial charge < -0.3 is 16.2 Å². The van der Waals surface area contributed by atoms with Gasteiger partial charge in [-0.15, -0.1) is 12.4 Å². The summed E-state index contributed by atoms with van der Waals surface area (Å²) in [6, 6.07) is -0.169. The molecule has 1 aliphatic heterocycles. The molecule has 0 spiro atoms. The normalized spacial score (nSPS) is 18.4. The van der Waals surface area contributed by atoms with Crippen LogP contribution in [0.4, 0.5) is 0 Å². The second-order valence-electron chi connectivity index (χ2n) is 4.34. The van der Waals surface area contributed by atoms with E-state index in [1.165, 1.54) is 18.7 Å². The summed E-state index contributed by atoms with van der Waals surface area (Å²) in [5.41, 5.74) is 10.5. The summed E-state index contributed by atoms with van der Waals surface area (Å²) >= 11 is 0. The van der Waals surface area contributed by atoms with E-state index >= 15 is 0 Å². The van der Waals surface area contributed by atoms with E-state index in [1.54, 1.807) is 0 Å². The van der Waals surface area contributed by atoms with Crippen molar-refractivity contribution in [2.75, 3.05) is 0 Å². The number of rotatable bonds is 5. The van der Waals surface area contributed by atoms with Crippen molar-refractivity contribution in [2.45, 2.75) is 45.4 Å². The van der Waals surface area contributed by atoms with Crippen molar-refractivity contribution < 1.29 is 19.1 Å². The zero-order valence-corrected chi connectivity index (χ0v) is 12.2. The lowest BCUT2D eigenvalue weighted by molar-refractivity contribution is -0.158. The summed E-state index contributed by atoms with van der Waals surface area (Å²) in [6.45, 7) is 2.59. The number of hydrogen-bond acceptors (Lipinski definition) is 5. The number of esters is 1.